The number of carbonyl (C=O) groups is 2. The number of amides is 2. The van der Waals surface area contributed by atoms with Crippen LogP contribution >= 0.6 is 0 Å². The molecule has 136 valence electrons. The van der Waals surface area contributed by atoms with Gasteiger partial charge in [-0.1, -0.05) is 0 Å². The summed E-state index contributed by atoms with van der Waals surface area (Å²) in [6.45, 7) is 7.44. The quantitative estimate of drug-likeness (QED) is 0.826. The third kappa shape index (κ3) is 3.72. The molecule has 2 heterocycles. The number of benzene rings is 1. The van der Waals surface area contributed by atoms with E-state index in [-0.39, 0.29) is 18.0 Å². The molecule has 2 aliphatic rings. The van der Waals surface area contributed by atoms with Gasteiger partial charge in [-0.15, -0.1) is 0 Å². The molecule has 1 aromatic rings. The molecule has 1 aromatic carbocycles. The smallest absolute Gasteiger partial charge is 0.410 e. The number of likely N-dealkylation sites (tertiary alicyclic amines) is 1. The molecule has 2 aliphatic heterocycles. The van der Waals surface area contributed by atoms with E-state index in [1.807, 2.05) is 43.9 Å². The number of hydrogen-bond donors (Lipinski definition) is 0. The normalized spacial score (nSPS) is 18.3. The van der Waals surface area contributed by atoms with Gasteiger partial charge in [0.15, 0.2) is 0 Å². The Labute approximate surface area is 148 Å². The molecule has 3 rings (SSSR count). The number of methoxy groups -OCH3 is 1. The summed E-state index contributed by atoms with van der Waals surface area (Å²) in [6, 6.07) is 5.75. The molecule has 6 nitrogen and oxygen atoms in total. The number of rotatable bonds is 2. The summed E-state index contributed by atoms with van der Waals surface area (Å²) in [4.78, 5) is 28.5. The minimum Gasteiger partial charge on any atom is -0.497 e. The van der Waals surface area contributed by atoms with Crippen LogP contribution < -0.4 is 4.74 Å². The van der Waals surface area contributed by atoms with E-state index in [1.165, 1.54) is 0 Å². The Kier molecular flexibility index (Phi) is 4.62. The Morgan fingerprint density at radius 3 is 2.48 bits per heavy atom. The average Bonchev–Trinajstić information content (AvgIpc) is 2.89. The number of fused-ring (bicyclic) bond motifs is 1. The lowest BCUT2D eigenvalue weighted by molar-refractivity contribution is 0.0148. The summed E-state index contributed by atoms with van der Waals surface area (Å²) in [6.07, 6.45) is 1.28. The lowest BCUT2D eigenvalue weighted by atomic mass is 10.0. The highest BCUT2D eigenvalue weighted by molar-refractivity contribution is 5.98. The highest BCUT2D eigenvalue weighted by Gasteiger charge is 2.36. The molecule has 0 bridgehead atoms. The number of nitrogens with zero attached hydrogens (tertiary/aromatic N) is 2. The van der Waals surface area contributed by atoms with E-state index in [4.69, 9.17) is 9.47 Å². The summed E-state index contributed by atoms with van der Waals surface area (Å²) >= 11 is 0. The van der Waals surface area contributed by atoms with Gasteiger partial charge in [-0.3, -0.25) is 4.79 Å². The summed E-state index contributed by atoms with van der Waals surface area (Å²) < 4.78 is 10.7. The van der Waals surface area contributed by atoms with Gasteiger partial charge in [0, 0.05) is 31.2 Å². The van der Waals surface area contributed by atoms with Gasteiger partial charge in [0.25, 0.3) is 5.91 Å². The Morgan fingerprint density at radius 1 is 1.20 bits per heavy atom. The van der Waals surface area contributed by atoms with Crippen LogP contribution in [0.5, 0.6) is 5.75 Å². The third-order valence-electron chi connectivity index (χ3n) is 4.70. The maximum atomic E-state index is 12.7. The van der Waals surface area contributed by atoms with E-state index < -0.39 is 5.60 Å². The molecule has 25 heavy (non-hydrogen) atoms. The number of piperidine rings is 1. The van der Waals surface area contributed by atoms with E-state index in [0.717, 1.165) is 29.7 Å². The highest BCUT2D eigenvalue weighted by Crippen LogP contribution is 2.31. The molecule has 0 N–H and O–H groups in total. The first-order chi connectivity index (χ1) is 11.8. The molecule has 0 radical (unpaired) electrons. The van der Waals surface area contributed by atoms with Crippen molar-refractivity contribution in [3.05, 3.63) is 29.3 Å². The summed E-state index contributed by atoms with van der Waals surface area (Å²) in [5, 5.41) is 0. The number of ether oxygens (including phenoxy) is 2. The second kappa shape index (κ2) is 6.58. The van der Waals surface area contributed by atoms with Gasteiger partial charge in [0.05, 0.1) is 7.11 Å². The Hall–Kier alpha value is -2.24. The fourth-order valence-corrected chi connectivity index (χ4v) is 3.43. The fourth-order valence-electron chi connectivity index (χ4n) is 3.43. The molecule has 0 aliphatic carbocycles. The molecule has 6 heteroatoms. The Bertz CT molecular complexity index is 672. The lowest BCUT2D eigenvalue weighted by Gasteiger charge is -2.37. The van der Waals surface area contributed by atoms with Crippen molar-refractivity contribution < 1.29 is 19.1 Å². The fraction of sp³-hybridized carbons (Fsp3) is 0.579. The molecular formula is C19H26N2O4. The van der Waals surface area contributed by atoms with Gasteiger partial charge in [-0.05, 0) is 57.4 Å². The van der Waals surface area contributed by atoms with Crippen molar-refractivity contribution in [2.75, 3.05) is 20.2 Å². The van der Waals surface area contributed by atoms with Gasteiger partial charge in [-0.25, -0.2) is 4.79 Å². The minimum atomic E-state index is -0.487. The van der Waals surface area contributed by atoms with E-state index in [0.29, 0.717) is 19.6 Å². The predicted molar refractivity (Wildman–Crippen MR) is 93.7 cm³/mol. The molecule has 2 amide bonds. The summed E-state index contributed by atoms with van der Waals surface area (Å²) in [5.74, 6) is 0.849. The third-order valence-corrected chi connectivity index (χ3v) is 4.70. The largest absolute Gasteiger partial charge is 0.497 e. The van der Waals surface area contributed by atoms with Gasteiger partial charge in [0.1, 0.15) is 11.4 Å². The summed E-state index contributed by atoms with van der Waals surface area (Å²) in [7, 11) is 1.63. The van der Waals surface area contributed by atoms with Crippen LogP contribution in [-0.2, 0) is 11.3 Å². The van der Waals surface area contributed by atoms with Crippen LogP contribution in [0, 0.1) is 0 Å². The van der Waals surface area contributed by atoms with Gasteiger partial charge in [0.2, 0.25) is 0 Å². The standard InChI is InChI=1S/C19H26N2O4/c1-19(2,3)25-18(23)20-9-7-14(8-10-20)21-12-13-11-15(24-4)5-6-16(13)17(21)22/h5-6,11,14H,7-10,12H2,1-4H3. The van der Waals surface area contributed by atoms with Crippen molar-refractivity contribution in [3.63, 3.8) is 0 Å². The van der Waals surface area contributed by atoms with Crippen molar-refractivity contribution in [2.24, 2.45) is 0 Å². The number of carbonyl (C=O) groups excluding carboxylic acids is 2. The first-order valence-corrected chi connectivity index (χ1v) is 8.74. The van der Waals surface area contributed by atoms with Gasteiger partial charge >= 0.3 is 6.09 Å². The number of hydrogen-bond acceptors (Lipinski definition) is 4. The van der Waals surface area contributed by atoms with Crippen molar-refractivity contribution in [2.45, 2.75) is 51.8 Å². The van der Waals surface area contributed by atoms with Crippen LogP contribution in [0.1, 0.15) is 49.5 Å². The zero-order chi connectivity index (χ0) is 18.2. The molecule has 1 saturated heterocycles. The van der Waals surface area contributed by atoms with Crippen molar-refractivity contribution in [1.29, 1.82) is 0 Å². The SMILES string of the molecule is COc1ccc2c(c1)CN(C1CCN(C(=O)OC(C)(C)C)CC1)C2=O. The molecule has 0 atom stereocenters. The maximum absolute atomic E-state index is 12.7. The van der Waals surface area contributed by atoms with Gasteiger partial charge < -0.3 is 19.3 Å². The molecule has 0 unspecified atom stereocenters. The van der Waals surface area contributed by atoms with Crippen molar-refractivity contribution in [1.82, 2.24) is 9.80 Å². The van der Waals surface area contributed by atoms with Crippen LogP contribution in [0.2, 0.25) is 0 Å². The highest BCUT2D eigenvalue weighted by atomic mass is 16.6. The lowest BCUT2D eigenvalue weighted by Crippen LogP contribution is -2.48. The monoisotopic (exact) mass is 346 g/mol. The van der Waals surface area contributed by atoms with Crippen molar-refractivity contribution in [3.8, 4) is 5.75 Å². The Balaban J connectivity index is 1.61. The zero-order valence-electron chi connectivity index (χ0n) is 15.4. The van der Waals surface area contributed by atoms with E-state index in [2.05, 4.69) is 0 Å². The molecule has 0 spiro atoms. The van der Waals surface area contributed by atoms with Crippen LogP contribution in [-0.4, -0.2) is 53.6 Å². The average molecular weight is 346 g/mol. The Morgan fingerprint density at radius 2 is 1.88 bits per heavy atom. The zero-order valence-corrected chi connectivity index (χ0v) is 15.4. The van der Waals surface area contributed by atoms with E-state index in [9.17, 15) is 9.59 Å². The topological polar surface area (TPSA) is 59.1 Å². The molecule has 0 saturated carbocycles. The van der Waals surface area contributed by atoms with Crippen LogP contribution in [0.3, 0.4) is 0 Å². The minimum absolute atomic E-state index is 0.0772. The molecule has 0 aromatic heterocycles. The summed E-state index contributed by atoms with van der Waals surface area (Å²) in [5.41, 5.74) is 1.29. The van der Waals surface area contributed by atoms with Crippen molar-refractivity contribution >= 4 is 12.0 Å². The predicted octanol–water partition coefficient (Wildman–Crippen LogP) is 3.05. The molecule has 1 fully saturated rings. The van der Waals surface area contributed by atoms with E-state index in [1.54, 1.807) is 12.0 Å². The second-order valence-electron chi connectivity index (χ2n) is 7.65. The van der Waals surface area contributed by atoms with Crippen LogP contribution in [0.25, 0.3) is 0 Å². The van der Waals surface area contributed by atoms with Crippen LogP contribution in [0.4, 0.5) is 4.79 Å². The first-order valence-electron chi connectivity index (χ1n) is 8.74. The van der Waals surface area contributed by atoms with E-state index >= 15 is 0 Å². The second-order valence-corrected chi connectivity index (χ2v) is 7.65. The maximum Gasteiger partial charge on any atom is 0.410 e. The van der Waals surface area contributed by atoms with Crippen LogP contribution in [0.15, 0.2) is 18.2 Å². The first kappa shape index (κ1) is 17.6. The molecular weight excluding hydrogens is 320 g/mol. The van der Waals surface area contributed by atoms with Gasteiger partial charge in [-0.2, -0.15) is 0 Å².